The average molecular weight is 358 g/mol. The van der Waals surface area contributed by atoms with Crippen molar-refractivity contribution in [3.8, 4) is 0 Å². The second-order valence-corrected chi connectivity index (χ2v) is 5.22. The molecule has 0 aliphatic carbocycles. The standard InChI is InChI=1S/C6F10O4S/c7-3(8,9)1(17)5(13,14)21(19,20)6(15,16)2(18)4(10,11)12. The number of ketones is 2. The number of rotatable bonds is 4. The zero-order valence-corrected chi connectivity index (χ0v) is 9.64. The van der Waals surface area contributed by atoms with Gasteiger partial charge in [-0.1, -0.05) is 0 Å². The summed E-state index contributed by atoms with van der Waals surface area (Å²) in [7, 11) is -8.11. The Morgan fingerprint density at radius 2 is 0.762 bits per heavy atom. The zero-order valence-electron chi connectivity index (χ0n) is 8.82. The van der Waals surface area contributed by atoms with E-state index in [0.29, 0.717) is 0 Å². The monoisotopic (exact) mass is 358 g/mol. The maximum Gasteiger partial charge on any atom is 0.457 e. The zero-order chi connectivity index (χ0) is 17.7. The van der Waals surface area contributed by atoms with Crippen molar-refractivity contribution in [3.63, 3.8) is 0 Å². The Morgan fingerprint density at radius 3 is 0.905 bits per heavy atom. The highest BCUT2D eigenvalue weighted by atomic mass is 32.2. The van der Waals surface area contributed by atoms with Crippen LogP contribution >= 0.6 is 0 Å². The van der Waals surface area contributed by atoms with Crippen molar-refractivity contribution in [1.29, 1.82) is 0 Å². The molecule has 0 atom stereocenters. The third-order valence-electron chi connectivity index (χ3n) is 1.72. The van der Waals surface area contributed by atoms with Crippen LogP contribution in [-0.4, -0.2) is 42.8 Å². The van der Waals surface area contributed by atoms with Crippen molar-refractivity contribution >= 4 is 21.4 Å². The van der Waals surface area contributed by atoms with Crippen LogP contribution in [0, 0.1) is 0 Å². The Hall–Kier alpha value is -1.41. The molecule has 0 radical (unpaired) electrons. The Bertz CT molecular complexity index is 509. The van der Waals surface area contributed by atoms with E-state index in [1.165, 1.54) is 0 Å². The Labute approximate surface area is 107 Å². The van der Waals surface area contributed by atoms with Gasteiger partial charge in [0.1, 0.15) is 0 Å². The Kier molecular flexibility index (Phi) is 4.48. The van der Waals surface area contributed by atoms with Gasteiger partial charge in [0.2, 0.25) is 0 Å². The Balaban J connectivity index is 6.12. The first-order valence-corrected chi connectivity index (χ1v) is 5.52. The summed E-state index contributed by atoms with van der Waals surface area (Å²) in [6, 6.07) is 0. The van der Waals surface area contributed by atoms with E-state index in [0.717, 1.165) is 0 Å². The summed E-state index contributed by atoms with van der Waals surface area (Å²) in [5.74, 6) is -9.13. The third kappa shape index (κ3) is 3.11. The van der Waals surface area contributed by atoms with Gasteiger partial charge in [0, 0.05) is 0 Å². The lowest BCUT2D eigenvalue weighted by Crippen LogP contribution is -2.56. The minimum atomic E-state index is -8.11. The highest BCUT2D eigenvalue weighted by Gasteiger charge is 2.75. The van der Waals surface area contributed by atoms with E-state index >= 15 is 0 Å². The van der Waals surface area contributed by atoms with Crippen LogP contribution in [0.3, 0.4) is 0 Å². The summed E-state index contributed by atoms with van der Waals surface area (Å²) < 4.78 is 142. The number of alkyl halides is 10. The number of hydrogen-bond donors (Lipinski definition) is 0. The van der Waals surface area contributed by atoms with Crippen molar-refractivity contribution in [3.05, 3.63) is 0 Å². The highest BCUT2D eigenvalue weighted by molar-refractivity contribution is 7.95. The predicted molar refractivity (Wildman–Crippen MR) is 40.9 cm³/mol. The molecular formula is C6F10O4S. The van der Waals surface area contributed by atoms with Crippen LogP contribution in [0.4, 0.5) is 43.9 Å². The first-order chi connectivity index (χ1) is 8.81. The quantitative estimate of drug-likeness (QED) is 0.720. The fourth-order valence-corrected chi connectivity index (χ4v) is 1.78. The van der Waals surface area contributed by atoms with Gasteiger partial charge in [-0.15, -0.1) is 0 Å². The van der Waals surface area contributed by atoms with Crippen LogP contribution in [0.15, 0.2) is 0 Å². The summed E-state index contributed by atoms with van der Waals surface area (Å²) in [5.41, 5.74) is 0. The fraction of sp³-hybridized carbons (Fsp3) is 0.667. The van der Waals surface area contributed by atoms with Crippen molar-refractivity contribution in [2.24, 2.45) is 0 Å². The SMILES string of the molecule is O=C(C(F)(F)F)C(F)(F)S(=O)(=O)C(F)(F)C(=O)C(F)(F)F. The molecule has 0 amide bonds. The van der Waals surface area contributed by atoms with Crippen molar-refractivity contribution in [2.45, 2.75) is 22.9 Å². The van der Waals surface area contributed by atoms with Gasteiger partial charge in [0.15, 0.2) is 0 Å². The molecule has 0 aliphatic rings. The van der Waals surface area contributed by atoms with E-state index < -0.39 is 44.3 Å². The maximum atomic E-state index is 12.7. The first kappa shape index (κ1) is 19.6. The molecule has 0 heterocycles. The van der Waals surface area contributed by atoms with E-state index in [2.05, 4.69) is 0 Å². The number of carbonyl (C=O) groups excluding carboxylic acids is 2. The molecule has 0 unspecified atom stereocenters. The topological polar surface area (TPSA) is 68.3 Å². The van der Waals surface area contributed by atoms with E-state index in [9.17, 15) is 61.9 Å². The largest absolute Gasteiger partial charge is 0.457 e. The molecule has 0 fully saturated rings. The molecule has 0 aliphatic heterocycles. The van der Waals surface area contributed by atoms with E-state index in [4.69, 9.17) is 0 Å². The Morgan fingerprint density at radius 1 is 0.571 bits per heavy atom. The van der Waals surface area contributed by atoms with Gasteiger partial charge in [0.25, 0.3) is 9.84 Å². The molecule has 0 saturated carbocycles. The molecule has 21 heavy (non-hydrogen) atoms. The summed E-state index contributed by atoms with van der Waals surface area (Å²) in [6.45, 7) is 0. The van der Waals surface area contributed by atoms with E-state index in [1.54, 1.807) is 0 Å². The normalized spacial score (nSPS) is 15.0. The molecule has 0 aromatic carbocycles. The minimum absolute atomic E-state index is 4.57. The summed E-state index contributed by atoms with van der Waals surface area (Å²) in [5, 5.41) is -14.0. The minimum Gasteiger partial charge on any atom is -0.281 e. The van der Waals surface area contributed by atoms with Gasteiger partial charge in [-0.3, -0.25) is 9.59 Å². The lowest BCUT2D eigenvalue weighted by molar-refractivity contribution is -0.190. The molecule has 0 aromatic heterocycles. The molecule has 124 valence electrons. The summed E-state index contributed by atoms with van der Waals surface area (Å²) in [6.07, 6.45) is -13.3. The van der Waals surface area contributed by atoms with Crippen LogP contribution in [0.2, 0.25) is 0 Å². The smallest absolute Gasteiger partial charge is 0.281 e. The van der Waals surface area contributed by atoms with Crippen LogP contribution in [0.25, 0.3) is 0 Å². The first-order valence-electron chi connectivity index (χ1n) is 4.04. The number of hydrogen-bond acceptors (Lipinski definition) is 4. The van der Waals surface area contributed by atoms with Gasteiger partial charge < -0.3 is 0 Å². The maximum absolute atomic E-state index is 12.7. The third-order valence-corrected chi connectivity index (χ3v) is 3.44. The lowest BCUT2D eigenvalue weighted by atomic mass is 10.4. The molecular weight excluding hydrogens is 358 g/mol. The van der Waals surface area contributed by atoms with E-state index in [1.807, 2.05) is 0 Å². The van der Waals surface area contributed by atoms with Gasteiger partial charge in [-0.05, 0) is 0 Å². The summed E-state index contributed by atoms with van der Waals surface area (Å²) >= 11 is 0. The van der Waals surface area contributed by atoms with Crippen LogP contribution in [0.5, 0.6) is 0 Å². The highest BCUT2D eigenvalue weighted by Crippen LogP contribution is 2.42. The number of halogens is 10. The van der Waals surface area contributed by atoms with Gasteiger partial charge >= 0.3 is 34.4 Å². The second kappa shape index (κ2) is 4.81. The molecule has 4 nitrogen and oxygen atoms in total. The molecule has 15 heteroatoms. The molecule has 0 aromatic rings. The molecule has 0 spiro atoms. The van der Waals surface area contributed by atoms with Crippen molar-refractivity contribution in [1.82, 2.24) is 0 Å². The van der Waals surface area contributed by atoms with Crippen molar-refractivity contribution < 1.29 is 61.9 Å². The molecule has 0 rings (SSSR count). The van der Waals surface area contributed by atoms with Gasteiger partial charge in [0.05, 0.1) is 0 Å². The summed E-state index contributed by atoms with van der Waals surface area (Å²) in [4.78, 5) is 20.1. The van der Waals surface area contributed by atoms with Crippen molar-refractivity contribution in [2.75, 3.05) is 0 Å². The molecule has 0 bridgehead atoms. The fourth-order valence-electron chi connectivity index (χ4n) is 0.735. The van der Waals surface area contributed by atoms with Gasteiger partial charge in [-0.2, -0.15) is 43.9 Å². The van der Waals surface area contributed by atoms with Crippen LogP contribution in [0.1, 0.15) is 0 Å². The second-order valence-electron chi connectivity index (χ2n) is 3.19. The predicted octanol–water partition coefficient (Wildman–Crippen LogP) is 1.85. The van der Waals surface area contributed by atoms with E-state index in [-0.39, 0.29) is 0 Å². The lowest BCUT2D eigenvalue weighted by Gasteiger charge is -2.22. The number of Topliss-reactive ketones (excluding diaryl/α,β-unsaturated/α-hetero) is 2. The number of sulfone groups is 1. The molecule has 0 saturated heterocycles. The average Bonchev–Trinajstić information content (AvgIpc) is 2.23. The van der Waals surface area contributed by atoms with Crippen LogP contribution < -0.4 is 0 Å². The molecule has 0 N–H and O–H groups in total. The van der Waals surface area contributed by atoms with Gasteiger partial charge in [-0.25, -0.2) is 8.42 Å². The number of carbonyl (C=O) groups is 2. The van der Waals surface area contributed by atoms with Crippen LogP contribution in [-0.2, 0) is 19.4 Å².